The molecule has 0 spiro atoms. The molecule has 0 unspecified atom stereocenters. The van der Waals surface area contributed by atoms with E-state index >= 15 is 0 Å². The fraction of sp³-hybridized carbons (Fsp3) is 0.0667. The SMILES string of the molecule is FC(F)(F)c1ncc2ccc(-c3nc4ccccc4s3)cn12. The van der Waals surface area contributed by atoms with Crippen LogP contribution in [0.15, 0.2) is 48.8 Å². The van der Waals surface area contributed by atoms with Gasteiger partial charge in [-0.2, -0.15) is 13.2 Å². The van der Waals surface area contributed by atoms with Crippen LogP contribution in [-0.2, 0) is 6.18 Å². The zero-order chi connectivity index (χ0) is 15.3. The Morgan fingerprint density at radius 2 is 1.86 bits per heavy atom. The van der Waals surface area contributed by atoms with Crippen molar-refractivity contribution in [3.63, 3.8) is 0 Å². The van der Waals surface area contributed by atoms with Crippen molar-refractivity contribution < 1.29 is 13.2 Å². The number of hydrogen-bond donors (Lipinski definition) is 0. The molecule has 110 valence electrons. The second kappa shape index (κ2) is 4.54. The Bertz CT molecular complexity index is 951. The molecule has 0 aliphatic carbocycles. The van der Waals surface area contributed by atoms with Gasteiger partial charge in [-0.1, -0.05) is 12.1 Å². The van der Waals surface area contributed by atoms with Gasteiger partial charge in [0, 0.05) is 11.8 Å². The molecule has 4 aromatic rings. The molecule has 3 nitrogen and oxygen atoms in total. The zero-order valence-electron chi connectivity index (χ0n) is 11.0. The first-order chi connectivity index (χ1) is 10.5. The molecular weight excluding hydrogens is 311 g/mol. The van der Waals surface area contributed by atoms with E-state index in [0.29, 0.717) is 16.1 Å². The molecule has 0 aliphatic heterocycles. The van der Waals surface area contributed by atoms with Crippen LogP contribution in [0.2, 0.25) is 0 Å². The minimum absolute atomic E-state index is 0.400. The number of para-hydroxylation sites is 1. The van der Waals surface area contributed by atoms with Crippen LogP contribution in [0.4, 0.5) is 13.2 Å². The van der Waals surface area contributed by atoms with Crippen LogP contribution in [0.25, 0.3) is 26.3 Å². The fourth-order valence-corrected chi connectivity index (χ4v) is 3.28. The second-order valence-electron chi connectivity index (χ2n) is 4.78. The van der Waals surface area contributed by atoms with Crippen LogP contribution < -0.4 is 0 Å². The van der Waals surface area contributed by atoms with Gasteiger partial charge < -0.3 is 0 Å². The number of fused-ring (bicyclic) bond motifs is 2. The molecule has 0 saturated heterocycles. The van der Waals surface area contributed by atoms with Crippen LogP contribution in [0, 0.1) is 0 Å². The number of alkyl halides is 3. The van der Waals surface area contributed by atoms with Crippen molar-refractivity contribution in [2.75, 3.05) is 0 Å². The summed E-state index contributed by atoms with van der Waals surface area (Å²) in [5, 5.41) is 0.685. The average Bonchev–Trinajstić information content (AvgIpc) is 3.09. The first kappa shape index (κ1) is 13.3. The third-order valence-corrected chi connectivity index (χ3v) is 4.41. The molecule has 0 atom stereocenters. The van der Waals surface area contributed by atoms with Crippen molar-refractivity contribution in [3.05, 3.63) is 54.6 Å². The van der Waals surface area contributed by atoms with E-state index in [-0.39, 0.29) is 0 Å². The fourth-order valence-electron chi connectivity index (χ4n) is 2.32. The number of rotatable bonds is 1. The highest BCUT2D eigenvalue weighted by Gasteiger charge is 2.35. The van der Waals surface area contributed by atoms with Crippen molar-refractivity contribution in [1.29, 1.82) is 0 Å². The number of pyridine rings is 1. The Morgan fingerprint density at radius 1 is 1.05 bits per heavy atom. The summed E-state index contributed by atoms with van der Waals surface area (Å²) in [5.74, 6) is -0.925. The Labute approximate surface area is 126 Å². The number of imidazole rings is 1. The average molecular weight is 319 g/mol. The molecule has 7 heteroatoms. The standard InChI is InChI=1S/C15H8F3N3S/c16-15(17,18)14-19-7-10-6-5-9(8-21(10)14)13-20-11-3-1-2-4-12(11)22-13/h1-8H. The molecule has 0 aliphatic rings. The third-order valence-electron chi connectivity index (χ3n) is 3.32. The Balaban J connectivity index is 1.91. The van der Waals surface area contributed by atoms with Crippen LogP contribution >= 0.6 is 11.3 Å². The van der Waals surface area contributed by atoms with Gasteiger partial charge >= 0.3 is 6.18 Å². The van der Waals surface area contributed by atoms with Gasteiger partial charge in [-0.05, 0) is 24.3 Å². The molecule has 0 bridgehead atoms. The number of halogens is 3. The molecule has 0 saturated carbocycles. The van der Waals surface area contributed by atoms with Gasteiger partial charge in [-0.15, -0.1) is 11.3 Å². The van der Waals surface area contributed by atoms with Crippen molar-refractivity contribution in [2.24, 2.45) is 0 Å². The largest absolute Gasteiger partial charge is 0.450 e. The summed E-state index contributed by atoms with van der Waals surface area (Å²) in [6.45, 7) is 0. The number of hydrogen-bond acceptors (Lipinski definition) is 3. The van der Waals surface area contributed by atoms with Gasteiger partial charge in [0.05, 0.1) is 21.9 Å². The number of nitrogens with zero attached hydrogens (tertiary/aromatic N) is 3. The molecule has 0 amide bonds. The van der Waals surface area contributed by atoms with Crippen LogP contribution in [0.3, 0.4) is 0 Å². The van der Waals surface area contributed by atoms with Gasteiger partial charge in [-0.3, -0.25) is 4.40 Å². The summed E-state index contributed by atoms with van der Waals surface area (Å²) >= 11 is 1.45. The van der Waals surface area contributed by atoms with E-state index in [0.717, 1.165) is 14.6 Å². The Morgan fingerprint density at radius 3 is 2.64 bits per heavy atom. The number of benzene rings is 1. The summed E-state index contributed by atoms with van der Waals surface area (Å²) in [7, 11) is 0. The topological polar surface area (TPSA) is 30.2 Å². The van der Waals surface area contributed by atoms with Crippen LogP contribution in [0.1, 0.15) is 5.82 Å². The highest BCUT2D eigenvalue weighted by atomic mass is 32.1. The maximum atomic E-state index is 13.0. The summed E-state index contributed by atoms with van der Waals surface area (Å²) in [4.78, 5) is 7.93. The van der Waals surface area contributed by atoms with Gasteiger partial charge in [-0.25, -0.2) is 9.97 Å². The van der Waals surface area contributed by atoms with Crippen molar-refractivity contribution in [2.45, 2.75) is 6.18 Å². The maximum Gasteiger partial charge on any atom is 0.450 e. The van der Waals surface area contributed by atoms with E-state index in [2.05, 4.69) is 9.97 Å². The van der Waals surface area contributed by atoms with E-state index in [4.69, 9.17) is 0 Å². The van der Waals surface area contributed by atoms with Crippen molar-refractivity contribution in [1.82, 2.24) is 14.4 Å². The van der Waals surface area contributed by atoms with Crippen molar-refractivity contribution in [3.8, 4) is 10.6 Å². The monoisotopic (exact) mass is 319 g/mol. The summed E-state index contributed by atoms with van der Waals surface area (Å²) in [5.41, 5.74) is 1.87. The summed E-state index contributed by atoms with van der Waals surface area (Å²) in [6, 6.07) is 11.0. The lowest BCUT2D eigenvalue weighted by Gasteiger charge is -2.06. The molecule has 0 N–H and O–H groups in total. The molecule has 0 radical (unpaired) electrons. The van der Waals surface area contributed by atoms with E-state index in [1.165, 1.54) is 23.7 Å². The van der Waals surface area contributed by atoms with Gasteiger partial charge in [0.2, 0.25) is 5.82 Å². The molecule has 3 heterocycles. The quantitative estimate of drug-likeness (QED) is 0.512. The first-order valence-electron chi connectivity index (χ1n) is 6.43. The van der Waals surface area contributed by atoms with Gasteiger partial charge in [0.1, 0.15) is 5.01 Å². The van der Waals surface area contributed by atoms with Gasteiger partial charge in [0.25, 0.3) is 0 Å². The Hall–Kier alpha value is -2.41. The predicted molar refractivity (Wildman–Crippen MR) is 78.8 cm³/mol. The van der Waals surface area contributed by atoms with Crippen LogP contribution in [-0.4, -0.2) is 14.4 Å². The van der Waals surface area contributed by atoms with Gasteiger partial charge in [0.15, 0.2) is 0 Å². The molecule has 0 fully saturated rings. The maximum absolute atomic E-state index is 13.0. The highest BCUT2D eigenvalue weighted by molar-refractivity contribution is 7.21. The lowest BCUT2D eigenvalue weighted by molar-refractivity contribution is -0.145. The molecule has 1 aromatic carbocycles. The molecular formula is C15H8F3N3S. The highest BCUT2D eigenvalue weighted by Crippen LogP contribution is 2.33. The van der Waals surface area contributed by atoms with E-state index in [1.54, 1.807) is 12.1 Å². The van der Waals surface area contributed by atoms with Crippen molar-refractivity contribution >= 4 is 27.1 Å². The predicted octanol–water partition coefficient (Wildman–Crippen LogP) is 4.63. The molecule has 3 aromatic heterocycles. The Kier molecular flexibility index (Phi) is 2.74. The zero-order valence-corrected chi connectivity index (χ0v) is 11.8. The lowest BCUT2D eigenvalue weighted by Crippen LogP contribution is -2.10. The number of thiazole rings is 1. The van der Waals surface area contributed by atoms with E-state index in [1.807, 2.05) is 24.3 Å². The minimum atomic E-state index is -4.49. The lowest BCUT2D eigenvalue weighted by atomic mass is 10.3. The van der Waals surface area contributed by atoms with Crippen LogP contribution in [0.5, 0.6) is 0 Å². The minimum Gasteiger partial charge on any atom is -0.295 e. The molecule has 22 heavy (non-hydrogen) atoms. The van der Waals surface area contributed by atoms with E-state index < -0.39 is 12.0 Å². The number of aromatic nitrogens is 3. The smallest absolute Gasteiger partial charge is 0.295 e. The van der Waals surface area contributed by atoms with E-state index in [9.17, 15) is 13.2 Å². The first-order valence-corrected chi connectivity index (χ1v) is 7.24. The third kappa shape index (κ3) is 2.05. The second-order valence-corrected chi connectivity index (χ2v) is 5.81. The molecule has 4 rings (SSSR count). The summed E-state index contributed by atoms with van der Waals surface area (Å²) in [6.07, 6.45) is -1.84. The normalized spacial score (nSPS) is 12.3. The summed E-state index contributed by atoms with van der Waals surface area (Å²) < 4.78 is 40.9.